The summed E-state index contributed by atoms with van der Waals surface area (Å²) in [5.41, 5.74) is 7.27. The fourth-order valence-electron chi connectivity index (χ4n) is 1.62. The molecular weight excluding hydrogens is 226 g/mol. The van der Waals surface area contributed by atoms with Crippen LogP contribution in [0.3, 0.4) is 0 Å². The molecule has 0 saturated heterocycles. The number of benzene rings is 1. The summed E-state index contributed by atoms with van der Waals surface area (Å²) < 4.78 is 0. The predicted octanol–water partition coefficient (Wildman–Crippen LogP) is 1.61. The molecule has 0 aliphatic heterocycles. The fraction of sp³-hybridized carbons (Fsp3) is 0.429. The first kappa shape index (κ1) is 14.2. The number of nitriles is 1. The van der Waals surface area contributed by atoms with Gasteiger partial charge in [0, 0.05) is 18.5 Å². The van der Waals surface area contributed by atoms with Gasteiger partial charge < -0.3 is 11.1 Å². The van der Waals surface area contributed by atoms with Gasteiger partial charge >= 0.3 is 0 Å². The van der Waals surface area contributed by atoms with Gasteiger partial charge in [-0.1, -0.05) is 12.1 Å². The van der Waals surface area contributed by atoms with Gasteiger partial charge in [0.15, 0.2) is 0 Å². The van der Waals surface area contributed by atoms with Crippen LogP contribution in [0.15, 0.2) is 24.3 Å². The number of amides is 1. The molecule has 1 aromatic rings. The van der Waals surface area contributed by atoms with Gasteiger partial charge in [0.2, 0.25) is 0 Å². The molecule has 96 valence electrons. The van der Waals surface area contributed by atoms with Crippen molar-refractivity contribution in [2.75, 3.05) is 13.1 Å². The average Bonchev–Trinajstić information content (AvgIpc) is 2.39. The predicted molar refractivity (Wildman–Crippen MR) is 71.0 cm³/mol. The minimum atomic E-state index is -0.0637. The summed E-state index contributed by atoms with van der Waals surface area (Å²) in [5, 5.41) is 11.2. The van der Waals surface area contributed by atoms with Crippen LogP contribution in [0.1, 0.15) is 35.2 Å². The number of carbonyl (C=O) groups is 1. The van der Waals surface area contributed by atoms with Crippen molar-refractivity contribution >= 4 is 5.91 Å². The second-order valence-electron chi connectivity index (χ2n) is 4.11. The van der Waals surface area contributed by atoms with Crippen LogP contribution in [-0.4, -0.2) is 19.0 Å². The van der Waals surface area contributed by atoms with E-state index < -0.39 is 0 Å². The Hall–Kier alpha value is -1.86. The molecule has 0 aromatic heterocycles. The lowest BCUT2D eigenvalue weighted by Gasteiger charge is -2.05. The highest BCUT2D eigenvalue weighted by molar-refractivity contribution is 5.94. The zero-order valence-electron chi connectivity index (χ0n) is 10.5. The van der Waals surface area contributed by atoms with Gasteiger partial charge in [-0.3, -0.25) is 4.79 Å². The van der Waals surface area contributed by atoms with Crippen molar-refractivity contribution in [1.29, 1.82) is 5.26 Å². The molecule has 18 heavy (non-hydrogen) atoms. The normalized spacial score (nSPS) is 9.78. The monoisotopic (exact) mass is 245 g/mol. The lowest BCUT2D eigenvalue weighted by Crippen LogP contribution is -2.24. The van der Waals surface area contributed by atoms with E-state index in [4.69, 9.17) is 11.0 Å². The van der Waals surface area contributed by atoms with Crippen molar-refractivity contribution < 1.29 is 4.79 Å². The smallest absolute Gasteiger partial charge is 0.251 e. The molecule has 0 spiro atoms. The summed E-state index contributed by atoms with van der Waals surface area (Å²) in [7, 11) is 0. The molecular formula is C14H19N3O. The van der Waals surface area contributed by atoms with E-state index in [9.17, 15) is 4.79 Å². The molecule has 3 N–H and O–H groups in total. The van der Waals surface area contributed by atoms with Gasteiger partial charge in [-0.2, -0.15) is 5.26 Å². The maximum absolute atomic E-state index is 11.7. The number of nitrogens with one attached hydrogen (secondary N) is 1. The first-order chi connectivity index (χ1) is 8.77. The van der Waals surface area contributed by atoms with Gasteiger partial charge in [0.1, 0.15) is 0 Å². The molecule has 1 amide bonds. The van der Waals surface area contributed by atoms with Crippen molar-refractivity contribution in [2.45, 2.75) is 25.7 Å². The van der Waals surface area contributed by atoms with E-state index in [1.165, 1.54) is 0 Å². The highest BCUT2D eigenvalue weighted by Gasteiger charge is 2.04. The van der Waals surface area contributed by atoms with Crippen molar-refractivity contribution in [3.05, 3.63) is 35.4 Å². The van der Waals surface area contributed by atoms with E-state index in [0.717, 1.165) is 24.8 Å². The topological polar surface area (TPSA) is 78.9 Å². The summed E-state index contributed by atoms with van der Waals surface area (Å²) in [5.74, 6) is -0.0637. The summed E-state index contributed by atoms with van der Waals surface area (Å²) in [6.45, 7) is 1.23. The molecule has 1 rings (SSSR count). The molecule has 0 radical (unpaired) electrons. The van der Waals surface area contributed by atoms with Crippen LogP contribution in [0.4, 0.5) is 0 Å². The number of unbranched alkanes of at least 4 members (excludes halogenated alkanes) is 2. The standard InChI is InChI=1S/C14H19N3O/c15-9-2-1-3-11-17-14(18)13-6-4-12(5-7-13)8-10-16/h4-7H,1-3,8,10-11,16H2,(H,17,18). The number of carbonyl (C=O) groups excluding carboxylic acids is 1. The van der Waals surface area contributed by atoms with Crippen LogP contribution in [0.25, 0.3) is 0 Å². The maximum atomic E-state index is 11.7. The second kappa shape index (κ2) is 8.26. The van der Waals surface area contributed by atoms with Crippen LogP contribution < -0.4 is 11.1 Å². The second-order valence-corrected chi connectivity index (χ2v) is 4.11. The lowest BCUT2D eigenvalue weighted by molar-refractivity contribution is 0.0953. The average molecular weight is 245 g/mol. The summed E-state index contributed by atoms with van der Waals surface area (Å²) >= 11 is 0. The minimum Gasteiger partial charge on any atom is -0.352 e. The molecule has 0 aliphatic carbocycles. The van der Waals surface area contributed by atoms with Crippen molar-refractivity contribution in [3.8, 4) is 6.07 Å². The molecule has 0 saturated carbocycles. The van der Waals surface area contributed by atoms with Crippen LogP contribution in [0.5, 0.6) is 0 Å². The lowest BCUT2D eigenvalue weighted by atomic mass is 10.1. The van der Waals surface area contributed by atoms with Gasteiger partial charge in [-0.05, 0) is 43.5 Å². The molecule has 0 bridgehead atoms. The Morgan fingerprint density at radius 3 is 2.61 bits per heavy atom. The zero-order chi connectivity index (χ0) is 13.2. The Kier molecular flexibility index (Phi) is 6.52. The quantitative estimate of drug-likeness (QED) is 0.716. The molecule has 0 aliphatic rings. The van der Waals surface area contributed by atoms with Gasteiger partial charge in [0.05, 0.1) is 6.07 Å². The van der Waals surface area contributed by atoms with Crippen molar-refractivity contribution in [1.82, 2.24) is 5.32 Å². The summed E-state index contributed by atoms with van der Waals surface area (Å²) in [6.07, 6.45) is 3.04. The number of nitrogens with two attached hydrogens (primary N) is 1. The van der Waals surface area contributed by atoms with Gasteiger partial charge in [-0.15, -0.1) is 0 Å². The Morgan fingerprint density at radius 1 is 1.28 bits per heavy atom. The van der Waals surface area contributed by atoms with Gasteiger partial charge in [-0.25, -0.2) is 0 Å². The van der Waals surface area contributed by atoms with Crippen LogP contribution in [0, 0.1) is 11.3 Å². The first-order valence-corrected chi connectivity index (χ1v) is 6.22. The Bertz CT molecular complexity index is 406. The molecule has 4 nitrogen and oxygen atoms in total. The number of nitrogens with zero attached hydrogens (tertiary/aromatic N) is 1. The van der Waals surface area contributed by atoms with E-state index in [-0.39, 0.29) is 5.91 Å². The molecule has 0 unspecified atom stereocenters. The van der Waals surface area contributed by atoms with E-state index in [0.29, 0.717) is 25.1 Å². The third-order valence-electron chi connectivity index (χ3n) is 2.65. The molecule has 0 fully saturated rings. The van der Waals surface area contributed by atoms with Crippen LogP contribution in [-0.2, 0) is 6.42 Å². The number of hydrogen-bond donors (Lipinski definition) is 2. The Morgan fingerprint density at radius 2 is 2.00 bits per heavy atom. The maximum Gasteiger partial charge on any atom is 0.251 e. The minimum absolute atomic E-state index is 0.0637. The van der Waals surface area contributed by atoms with E-state index >= 15 is 0 Å². The van der Waals surface area contributed by atoms with Crippen molar-refractivity contribution in [3.63, 3.8) is 0 Å². The Labute approximate surface area is 108 Å². The van der Waals surface area contributed by atoms with E-state index in [2.05, 4.69) is 11.4 Å². The van der Waals surface area contributed by atoms with Crippen LogP contribution >= 0.6 is 0 Å². The van der Waals surface area contributed by atoms with E-state index in [1.54, 1.807) is 0 Å². The Balaban J connectivity index is 2.35. The van der Waals surface area contributed by atoms with E-state index in [1.807, 2.05) is 24.3 Å². The summed E-state index contributed by atoms with van der Waals surface area (Å²) in [4.78, 5) is 11.7. The van der Waals surface area contributed by atoms with Gasteiger partial charge in [0.25, 0.3) is 5.91 Å². The summed E-state index contributed by atoms with van der Waals surface area (Å²) in [6, 6.07) is 9.57. The molecule has 1 aromatic carbocycles. The number of rotatable bonds is 7. The third-order valence-corrected chi connectivity index (χ3v) is 2.65. The number of hydrogen-bond acceptors (Lipinski definition) is 3. The highest BCUT2D eigenvalue weighted by Crippen LogP contribution is 2.05. The zero-order valence-corrected chi connectivity index (χ0v) is 10.5. The highest BCUT2D eigenvalue weighted by atomic mass is 16.1. The third kappa shape index (κ3) is 4.98. The molecule has 0 atom stereocenters. The first-order valence-electron chi connectivity index (χ1n) is 6.22. The largest absolute Gasteiger partial charge is 0.352 e. The fourth-order valence-corrected chi connectivity index (χ4v) is 1.62. The molecule has 4 heteroatoms. The molecule has 0 heterocycles. The van der Waals surface area contributed by atoms with Crippen molar-refractivity contribution in [2.24, 2.45) is 5.73 Å². The van der Waals surface area contributed by atoms with Crippen LogP contribution in [0.2, 0.25) is 0 Å². The SMILES string of the molecule is N#CCCCCNC(=O)c1ccc(CCN)cc1.